The van der Waals surface area contributed by atoms with Crippen molar-refractivity contribution in [2.24, 2.45) is 5.92 Å². The molecule has 168 valence electrons. The van der Waals surface area contributed by atoms with Crippen LogP contribution in [0.3, 0.4) is 0 Å². The highest BCUT2D eigenvalue weighted by Crippen LogP contribution is 2.38. The highest BCUT2D eigenvalue weighted by atomic mass is 16.5. The van der Waals surface area contributed by atoms with E-state index in [0.717, 1.165) is 56.7 Å². The lowest BCUT2D eigenvalue weighted by Crippen LogP contribution is -2.46. The number of phenolic OH excluding ortho intramolecular Hbond substituents is 1. The molecule has 2 saturated heterocycles. The fraction of sp³-hybridized carbons (Fsp3) is 0.720. The fourth-order valence-electron chi connectivity index (χ4n) is 4.44. The molecule has 0 bridgehead atoms. The van der Waals surface area contributed by atoms with Gasteiger partial charge in [0.2, 0.25) is 5.91 Å². The molecule has 1 amide bonds. The second-order valence-corrected chi connectivity index (χ2v) is 11.0. The number of phenols is 1. The molecule has 1 aromatic carbocycles. The highest BCUT2D eigenvalue weighted by Gasteiger charge is 2.30. The molecular weight excluding hydrogens is 376 g/mol. The van der Waals surface area contributed by atoms with Crippen LogP contribution in [0.2, 0.25) is 0 Å². The van der Waals surface area contributed by atoms with Gasteiger partial charge in [0, 0.05) is 31.1 Å². The summed E-state index contributed by atoms with van der Waals surface area (Å²) in [5, 5.41) is 11.1. The van der Waals surface area contributed by atoms with Crippen molar-refractivity contribution in [3.05, 3.63) is 28.8 Å². The molecule has 2 fully saturated rings. The van der Waals surface area contributed by atoms with Crippen LogP contribution in [-0.2, 0) is 26.9 Å². The van der Waals surface area contributed by atoms with Crippen molar-refractivity contribution in [2.75, 3.05) is 39.4 Å². The molecule has 0 radical (unpaired) electrons. The molecule has 0 unspecified atom stereocenters. The van der Waals surface area contributed by atoms with Crippen molar-refractivity contribution in [3.63, 3.8) is 0 Å². The van der Waals surface area contributed by atoms with E-state index in [1.165, 1.54) is 5.56 Å². The molecule has 1 N–H and O–H groups in total. The third kappa shape index (κ3) is 5.36. The number of carbonyl (C=O) groups is 1. The first kappa shape index (κ1) is 23.1. The number of carbonyl (C=O) groups excluding carboxylic acids is 1. The summed E-state index contributed by atoms with van der Waals surface area (Å²) in [5.74, 6) is 0.853. The number of aromatic hydroxyl groups is 1. The zero-order chi connectivity index (χ0) is 22.1. The molecule has 0 aromatic heterocycles. The zero-order valence-corrected chi connectivity index (χ0v) is 19.8. The van der Waals surface area contributed by atoms with Gasteiger partial charge in [-0.25, -0.2) is 0 Å². The second-order valence-electron chi connectivity index (χ2n) is 11.0. The number of piperidine rings is 1. The quantitative estimate of drug-likeness (QED) is 0.807. The number of nitrogens with zero attached hydrogens (tertiary/aromatic N) is 2. The van der Waals surface area contributed by atoms with Gasteiger partial charge in [0.1, 0.15) is 5.75 Å². The predicted octanol–water partition coefficient (Wildman–Crippen LogP) is 4.06. The first-order valence-electron chi connectivity index (χ1n) is 11.4. The molecule has 0 saturated carbocycles. The van der Waals surface area contributed by atoms with E-state index in [0.29, 0.717) is 24.9 Å². The number of hydrogen-bond acceptors (Lipinski definition) is 4. The maximum atomic E-state index is 12.8. The molecule has 30 heavy (non-hydrogen) atoms. The summed E-state index contributed by atoms with van der Waals surface area (Å²) in [4.78, 5) is 17.2. The normalized spacial score (nSPS) is 19.9. The van der Waals surface area contributed by atoms with E-state index < -0.39 is 0 Å². The maximum Gasteiger partial charge on any atom is 0.225 e. The monoisotopic (exact) mass is 416 g/mol. The number of morpholine rings is 1. The van der Waals surface area contributed by atoms with E-state index in [-0.39, 0.29) is 16.7 Å². The second kappa shape index (κ2) is 8.88. The van der Waals surface area contributed by atoms with Crippen molar-refractivity contribution in [2.45, 2.75) is 71.8 Å². The van der Waals surface area contributed by atoms with Crippen molar-refractivity contribution in [3.8, 4) is 5.75 Å². The van der Waals surface area contributed by atoms with Gasteiger partial charge in [0.15, 0.2) is 0 Å². The lowest BCUT2D eigenvalue weighted by Gasteiger charge is -2.36. The van der Waals surface area contributed by atoms with Crippen molar-refractivity contribution < 1.29 is 14.6 Å². The van der Waals surface area contributed by atoms with Gasteiger partial charge in [-0.05, 0) is 47.9 Å². The van der Waals surface area contributed by atoms with E-state index >= 15 is 0 Å². The van der Waals surface area contributed by atoms with Gasteiger partial charge in [-0.2, -0.15) is 0 Å². The molecule has 3 rings (SSSR count). The smallest absolute Gasteiger partial charge is 0.225 e. The zero-order valence-electron chi connectivity index (χ0n) is 19.8. The lowest BCUT2D eigenvalue weighted by atomic mass is 9.79. The molecule has 1 aromatic rings. The first-order chi connectivity index (χ1) is 14.0. The molecule has 2 heterocycles. The van der Waals surface area contributed by atoms with Crippen LogP contribution in [0, 0.1) is 5.92 Å². The standard InChI is InChI=1S/C25H40N2O3/c1-24(2,3)20-15-19(22(28)21(16-20)25(4,5)6)17-26-9-7-18(8-10-26)23(29)27-11-13-30-14-12-27/h15-16,18,28H,7-14,17H2,1-6H3. The van der Waals surface area contributed by atoms with E-state index in [1.807, 2.05) is 4.90 Å². The van der Waals surface area contributed by atoms with E-state index in [1.54, 1.807) is 0 Å². The Kier molecular flexibility index (Phi) is 6.83. The number of benzene rings is 1. The fourth-order valence-corrected chi connectivity index (χ4v) is 4.44. The number of rotatable bonds is 3. The third-order valence-electron chi connectivity index (χ3n) is 6.52. The van der Waals surface area contributed by atoms with Crippen LogP contribution < -0.4 is 0 Å². The predicted molar refractivity (Wildman–Crippen MR) is 121 cm³/mol. The molecular formula is C25H40N2O3. The van der Waals surface area contributed by atoms with Crippen LogP contribution in [0.15, 0.2) is 12.1 Å². The van der Waals surface area contributed by atoms with E-state index in [4.69, 9.17) is 4.74 Å². The van der Waals surface area contributed by atoms with Crippen LogP contribution in [-0.4, -0.2) is 60.2 Å². The maximum absolute atomic E-state index is 12.8. The Balaban J connectivity index is 1.70. The molecule has 5 nitrogen and oxygen atoms in total. The Labute approximate surface area is 182 Å². The number of likely N-dealkylation sites (tertiary alicyclic amines) is 1. The van der Waals surface area contributed by atoms with Crippen LogP contribution in [0.4, 0.5) is 0 Å². The summed E-state index contributed by atoms with van der Waals surface area (Å²) in [5.41, 5.74) is 3.20. The molecule has 2 aliphatic heterocycles. The minimum atomic E-state index is -0.113. The first-order valence-corrected chi connectivity index (χ1v) is 11.4. The Morgan fingerprint density at radius 2 is 1.60 bits per heavy atom. The van der Waals surface area contributed by atoms with Gasteiger partial charge in [0.05, 0.1) is 13.2 Å². The minimum Gasteiger partial charge on any atom is -0.507 e. The third-order valence-corrected chi connectivity index (χ3v) is 6.52. The van der Waals surface area contributed by atoms with Crippen LogP contribution in [0.5, 0.6) is 5.75 Å². The van der Waals surface area contributed by atoms with Gasteiger partial charge in [-0.1, -0.05) is 53.7 Å². The lowest BCUT2D eigenvalue weighted by molar-refractivity contribution is -0.141. The van der Waals surface area contributed by atoms with Crippen molar-refractivity contribution >= 4 is 5.91 Å². The summed E-state index contributed by atoms with van der Waals surface area (Å²) >= 11 is 0. The summed E-state index contributed by atoms with van der Waals surface area (Å²) < 4.78 is 5.37. The van der Waals surface area contributed by atoms with Crippen molar-refractivity contribution in [1.82, 2.24) is 9.80 Å². The van der Waals surface area contributed by atoms with Gasteiger partial charge >= 0.3 is 0 Å². The average Bonchev–Trinajstić information content (AvgIpc) is 2.68. The Morgan fingerprint density at radius 3 is 2.13 bits per heavy atom. The molecule has 2 aliphatic rings. The number of ether oxygens (including phenoxy) is 1. The van der Waals surface area contributed by atoms with Gasteiger partial charge in [0.25, 0.3) is 0 Å². The highest BCUT2D eigenvalue weighted by molar-refractivity contribution is 5.79. The van der Waals surface area contributed by atoms with Crippen LogP contribution in [0.25, 0.3) is 0 Å². The van der Waals surface area contributed by atoms with Crippen LogP contribution >= 0.6 is 0 Å². The summed E-state index contributed by atoms with van der Waals surface area (Å²) in [6.45, 7) is 18.4. The van der Waals surface area contributed by atoms with Crippen molar-refractivity contribution in [1.29, 1.82) is 0 Å². The van der Waals surface area contributed by atoms with E-state index in [2.05, 4.69) is 58.6 Å². The molecule has 0 spiro atoms. The Morgan fingerprint density at radius 1 is 1.00 bits per heavy atom. The Bertz CT molecular complexity index is 747. The molecule has 0 atom stereocenters. The van der Waals surface area contributed by atoms with Gasteiger partial charge in [-0.3, -0.25) is 9.69 Å². The van der Waals surface area contributed by atoms with E-state index in [9.17, 15) is 9.90 Å². The summed E-state index contributed by atoms with van der Waals surface area (Å²) in [6, 6.07) is 4.35. The molecule has 5 heteroatoms. The summed E-state index contributed by atoms with van der Waals surface area (Å²) in [6.07, 6.45) is 1.78. The topological polar surface area (TPSA) is 53.0 Å². The number of hydrogen-bond donors (Lipinski definition) is 1. The minimum absolute atomic E-state index is 0.0278. The largest absolute Gasteiger partial charge is 0.507 e. The molecule has 0 aliphatic carbocycles. The van der Waals surface area contributed by atoms with Gasteiger partial charge < -0.3 is 14.7 Å². The van der Waals surface area contributed by atoms with Gasteiger partial charge in [-0.15, -0.1) is 0 Å². The average molecular weight is 417 g/mol. The Hall–Kier alpha value is -1.59. The summed E-state index contributed by atoms with van der Waals surface area (Å²) in [7, 11) is 0. The SMILES string of the molecule is CC(C)(C)c1cc(CN2CCC(C(=O)N3CCOCC3)CC2)c(O)c(C(C)(C)C)c1. The van der Waals surface area contributed by atoms with Crippen LogP contribution in [0.1, 0.15) is 71.1 Å². The number of amides is 1.